The number of thiophene rings is 1. The molecule has 0 amide bonds. The van der Waals surface area contributed by atoms with E-state index in [0.717, 1.165) is 11.3 Å². The SMILES string of the molecule is CN(C)C(C)(C)CNS(=O)(=O)c1cc(Cl)c(Br)s1. The van der Waals surface area contributed by atoms with Crippen LogP contribution in [0.1, 0.15) is 13.8 Å². The second-order valence-corrected chi connectivity index (χ2v) is 9.49. The lowest BCUT2D eigenvalue weighted by Crippen LogP contribution is -2.47. The van der Waals surface area contributed by atoms with Crippen molar-refractivity contribution < 1.29 is 8.42 Å². The third-order valence-corrected chi connectivity index (χ3v) is 7.14. The molecule has 104 valence electrons. The first-order valence-corrected chi connectivity index (χ1v) is 8.65. The minimum Gasteiger partial charge on any atom is -0.303 e. The number of likely N-dealkylation sites (N-methyl/N-ethyl adjacent to an activating group) is 1. The fourth-order valence-electron chi connectivity index (χ4n) is 0.960. The molecular weight excluding hydrogens is 360 g/mol. The van der Waals surface area contributed by atoms with Gasteiger partial charge >= 0.3 is 0 Å². The van der Waals surface area contributed by atoms with Gasteiger partial charge in [-0.25, -0.2) is 13.1 Å². The lowest BCUT2D eigenvalue weighted by atomic mass is 10.1. The van der Waals surface area contributed by atoms with Crippen LogP contribution in [0.25, 0.3) is 0 Å². The van der Waals surface area contributed by atoms with Gasteiger partial charge in [0, 0.05) is 12.1 Å². The Balaban J connectivity index is 2.84. The highest BCUT2D eigenvalue weighted by Crippen LogP contribution is 2.34. The van der Waals surface area contributed by atoms with Crippen molar-refractivity contribution in [1.82, 2.24) is 9.62 Å². The third kappa shape index (κ3) is 3.91. The molecule has 1 aromatic rings. The van der Waals surface area contributed by atoms with Gasteiger partial charge in [-0.05, 0) is 49.9 Å². The first kappa shape index (κ1) is 16.4. The molecule has 1 heterocycles. The molecular formula is C10H16BrClN2O2S2. The minimum atomic E-state index is -3.50. The van der Waals surface area contributed by atoms with Gasteiger partial charge in [0.1, 0.15) is 4.21 Å². The molecule has 4 nitrogen and oxygen atoms in total. The van der Waals surface area contributed by atoms with Crippen LogP contribution in [0.2, 0.25) is 5.02 Å². The summed E-state index contributed by atoms with van der Waals surface area (Å²) in [5.41, 5.74) is -0.259. The van der Waals surface area contributed by atoms with Crippen molar-refractivity contribution in [3.8, 4) is 0 Å². The maximum atomic E-state index is 12.1. The highest BCUT2D eigenvalue weighted by Gasteiger charge is 2.25. The summed E-state index contributed by atoms with van der Waals surface area (Å²) >= 11 is 10.1. The number of sulfonamides is 1. The maximum Gasteiger partial charge on any atom is 0.250 e. The summed E-state index contributed by atoms with van der Waals surface area (Å²) in [6, 6.07) is 1.45. The Morgan fingerprint density at radius 2 is 2.06 bits per heavy atom. The van der Waals surface area contributed by atoms with Gasteiger partial charge in [-0.15, -0.1) is 11.3 Å². The van der Waals surface area contributed by atoms with Crippen LogP contribution in [0.3, 0.4) is 0 Å². The summed E-state index contributed by atoms with van der Waals surface area (Å²) in [4.78, 5) is 1.97. The summed E-state index contributed by atoms with van der Waals surface area (Å²) in [7, 11) is 0.318. The van der Waals surface area contributed by atoms with Crippen molar-refractivity contribution in [1.29, 1.82) is 0 Å². The van der Waals surface area contributed by atoms with Gasteiger partial charge in [0.05, 0.1) is 8.81 Å². The van der Waals surface area contributed by atoms with Crippen LogP contribution in [0, 0.1) is 0 Å². The van der Waals surface area contributed by atoms with Crippen LogP contribution in [0.15, 0.2) is 14.1 Å². The molecule has 0 atom stereocenters. The zero-order valence-corrected chi connectivity index (χ0v) is 14.6. The molecule has 1 aromatic heterocycles. The lowest BCUT2D eigenvalue weighted by molar-refractivity contribution is 0.199. The quantitative estimate of drug-likeness (QED) is 0.861. The average molecular weight is 376 g/mol. The number of rotatable bonds is 5. The van der Waals surface area contributed by atoms with Gasteiger partial charge in [-0.2, -0.15) is 0 Å². The third-order valence-electron chi connectivity index (χ3n) is 2.79. The van der Waals surface area contributed by atoms with E-state index < -0.39 is 10.0 Å². The number of nitrogens with one attached hydrogen (secondary N) is 1. The van der Waals surface area contributed by atoms with Crippen LogP contribution < -0.4 is 4.72 Å². The Morgan fingerprint density at radius 1 is 1.50 bits per heavy atom. The van der Waals surface area contributed by atoms with E-state index in [1.807, 2.05) is 32.8 Å². The van der Waals surface area contributed by atoms with Gasteiger partial charge < -0.3 is 4.90 Å². The van der Waals surface area contributed by atoms with Crippen molar-refractivity contribution in [2.75, 3.05) is 20.6 Å². The summed E-state index contributed by atoms with van der Waals surface area (Å²) in [5.74, 6) is 0. The van der Waals surface area contributed by atoms with Crippen molar-refractivity contribution >= 4 is 48.9 Å². The van der Waals surface area contributed by atoms with E-state index in [4.69, 9.17) is 11.6 Å². The summed E-state index contributed by atoms with van der Waals surface area (Å²) < 4.78 is 27.6. The molecule has 18 heavy (non-hydrogen) atoms. The second-order valence-electron chi connectivity index (χ2n) is 4.72. The Bertz CT molecular complexity index is 506. The zero-order valence-electron chi connectivity index (χ0n) is 10.6. The molecule has 1 rings (SSSR count). The monoisotopic (exact) mass is 374 g/mol. The normalized spacial score (nSPS) is 13.3. The molecule has 1 N–H and O–H groups in total. The van der Waals surface area contributed by atoms with Gasteiger partial charge in [-0.1, -0.05) is 11.6 Å². The highest BCUT2D eigenvalue weighted by molar-refractivity contribution is 9.11. The second kappa shape index (κ2) is 5.76. The summed E-state index contributed by atoms with van der Waals surface area (Å²) in [6.45, 7) is 4.26. The van der Waals surface area contributed by atoms with E-state index in [-0.39, 0.29) is 9.75 Å². The van der Waals surface area contributed by atoms with Crippen molar-refractivity contribution in [2.24, 2.45) is 0 Å². The van der Waals surface area contributed by atoms with Crippen LogP contribution in [0.4, 0.5) is 0 Å². The van der Waals surface area contributed by atoms with Crippen molar-refractivity contribution in [3.05, 3.63) is 14.9 Å². The van der Waals surface area contributed by atoms with Gasteiger partial charge in [0.15, 0.2) is 0 Å². The topological polar surface area (TPSA) is 49.4 Å². The Labute approximate surface area is 126 Å². The number of hydrogen-bond donors (Lipinski definition) is 1. The fraction of sp³-hybridized carbons (Fsp3) is 0.600. The van der Waals surface area contributed by atoms with Crippen LogP contribution in [-0.4, -0.2) is 39.5 Å². The van der Waals surface area contributed by atoms with Crippen LogP contribution in [0.5, 0.6) is 0 Å². The maximum absolute atomic E-state index is 12.1. The predicted octanol–water partition coefficient (Wildman–Crippen LogP) is 2.78. The first-order valence-electron chi connectivity index (χ1n) is 5.18. The van der Waals surface area contributed by atoms with E-state index in [0.29, 0.717) is 15.4 Å². The first-order chi connectivity index (χ1) is 8.06. The summed E-state index contributed by atoms with van der Waals surface area (Å²) in [6.07, 6.45) is 0. The Morgan fingerprint density at radius 3 is 2.44 bits per heavy atom. The number of halogens is 2. The zero-order chi connectivity index (χ0) is 14.1. The smallest absolute Gasteiger partial charge is 0.250 e. The van der Waals surface area contributed by atoms with E-state index in [9.17, 15) is 8.42 Å². The highest BCUT2D eigenvalue weighted by atomic mass is 79.9. The van der Waals surface area contributed by atoms with Crippen molar-refractivity contribution in [2.45, 2.75) is 23.6 Å². The average Bonchev–Trinajstić information content (AvgIpc) is 2.57. The minimum absolute atomic E-state index is 0.217. The van der Waals surface area contributed by atoms with E-state index in [1.54, 1.807) is 0 Å². The molecule has 0 saturated carbocycles. The van der Waals surface area contributed by atoms with Crippen LogP contribution >= 0.6 is 38.9 Å². The predicted molar refractivity (Wildman–Crippen MR) is 80.0 cm³/mol. The number of nitrogens with zero attached hydrogens (tertiary/aromatic N) is 1. The molecule has 0 aliphatic rings. The fourth-order valence-corrected chi connectivity index (χ4v) is 4.61. The Hall–Kier alpha value is 0.340. The molecule has 8 heteroatoms. The van der Waals surface area contributed by atoms with Gasteiger partial charge in [-0.3, -0.25) is 0 Å². The summed E-state index contributed by atoms with van der Waals surface area (Å²) in [5, 5.41) is 0.409. The van der Waals surface area contributed by atoms with E-state index in [2.05, 4.69) is 20.7 Å². The molecule has 0 bridgehead atoms. The van der Waals surface area contributed by atoms with Crippen molar-refractivity contribution in [3.63, 3.8) is 0 Å². The van der Waals surface area contributed by atoms with Gasteiger partial charge in [0.2, 0.25) is 10.0 Å². The molecule has 0 aliphatic heterocycles. The molecule has 0 spiro atoms. The standard InChI is InChI=1S/C10H16BrClN2O2S2/c1-10(2,14(3)4)6-13-18(15,16)8-5-7(12)9(11)17-8/h5,13H,6H2,1-4H3. The molecule has 0 saturated heterocycles. The Kier molecular flexibility index (Phi) is 5.25. The molecule has 0 aromatic carbocycles. The largest absolute Gasteiger partial charge is 0.303 e. The van der Waals surface area contributed by atoms with Crippen LogP contribution in [-0.2, 0) is 10.0 Å². The lowest BCUT2D eigenvalue weighted by Gasteiger charge is -2.32. The van der Waals surface area contributed by atoms with Gasteiger partial charge in [0.25, 0.3) is 0 Å². The molecule has 0 unspecified atom stereocenters. The molecule has 0 fully saturated rings. The number of hydrogen-bond acceptors (Lipinski definition) is 4. The van der Waals surface area contributed by atoms with E-state index >= 15 is 0 Å². The molecule has 0 aliphatic carbocycles. The van der Waals surface area contributed by atoms with E-state index in [1.165, 1.54) is 6.07 Å². The molecule has 0 radical (unpaired) electrons.